The summed E-state index contributed by atoms with van der Waals surface area (Å²) < 4.78 is 0. The van der Waals surface area contributed by atoms with E-state index in [4.69, 9.17) is 0 Å². The third kappa shape index (κ3) is 4.56. The summed E-state index contributed by atoms with van der Waals surface area (Å²) in [6.07, 6.45) is 8.31. The molecule has 2 amide bonds. The van der Waals surface area contributed by atoms with Gasteiger partial charge in [-0.3, -0.25) is 14.6 Å². The molecule has 2 aliphatic rings. The highest BCUT2D eigenvalue weighted by atomic mass is 16.3. The first-order valence-electron chi connectivity index (χ1n) is 11.6. The van der Waals surface area contributed by atoms with Crippen LogP contribution < -0.4 is 0 Å². The molecule has 2 aliphatic carbocycles. The van der Waals surface area contributed by atoms with Gasteiger partial charge in [0.1, 0.15) is 0 Å². The molecule has 2 aromatic rings. The van der Waals surface area contributed by atoms with Gasteiger partial charge < -0.3 is 14.9 Å². The number of rotatable bonds is 7. The van der Waals surface area contributed by atoms with Crippen LogP contribution in [0.2, 0.25) is 0 Å². The Balaban J connectivity index is 1.49. The first kappa shape index (κ1) is 22.5. The molecule has 1 aromatic carbocycles. The minimum Gasteiger partial charge on any atom is -0.396 e. The number of carbonyl (C=O) groups excluding carboxylic acids is 2. The van der Waals surface area contributed by atoms with Crippen molar-refractivity contribution in [3.8, 4) is 0 Å². The standard InChI is InChI=1S/C26H33N3O3/c1-28(2)24(31)19-6-8-20(9-7-19)25(32)29(21-10-11-21)22-12-14-26(15-13-22,16-18-30)23-5-3-4-17-27-23/h3-9,17,21-22,30H,10-16,18H2,1-2H3/t22-,26-. The maximum absolute atomic E-state index is 13.5. The predicted octanol–water partition coefficient (Wildman–Crippen LogP) is 3.65. The number of benzene rings is 1. The SMILES string of the molecule is CN(C)C(=O)c1ccc(C(=O)N(C2CC2)[C@H]2CC[C@](CCO)(c3ccccn3)CC2)cc1. The van der Waals surface area contributed by atoms with E-state index in [2.05, 4.69) is 16.0 Å². The highest BCUT2D eigenvalue weighted by Gasteiger charge is 2.43. The van der Waals surface area contributed by atoms with Crippen LogP contribution in [0.4, 0.5) is 0 Å². The van der Waals surface area contributed by atoms with Crippen molar-refractivity contribution in [2.45, 2.75) is 62.4 Å². The molecule has 2 saturated carbocycles. The Morgan fingerprint density at radius 1 is 0.938 bits per heavy atom. The second kappa shape index (κ2) is 9.41. The Hall–Kier alpha value is -2.73. The molecule has 0 aliphatic heterocycles. The van der Waals surface area contributed by atoms with E-state index in [0.717, 1.165) is 44.2 Å². The molecule has 6 heteroatoms. The summed E-state index contributed by atoms with van der Waals surface area (Å²) in [5, 5.41) is 9.73. The van der Waals surface area contributed by atoms with E-state index >= 15 is 0 Å². The molecule has 1 N–H and O–H groups in total. The quantitative estimate of drug-likeness (QED) is 0.720. The Morgan fingerprint density at radius 2 is 1.53 bits per heavy atom. The molecule has 2 fully saturated rings. The van der Waals surface area contributed by atoms with Gasteiger partial charge in [0.15, 0.2) is 0 Å². The number of hydrogen-bond donors (Lipinski definition) is 1. The third-order valence-electron chi connectivity index (χ3n) is 7.06. The lowest BCUT2D eigenvalue weighted by atomic mass is 9.68. The van der Waals surface area contributed by atoms with Gasteiger partial charge in [0, 0.05) is 61.2 Å². The van der Waals surface area contributed by atoms with Crippen molar-refractivity contribution < 1.29 is 14.7 Å². The maximum atomic E-state index is 13.5. The molecule has 0 atom stereocenters. The minimum absolute atomic E-state index is 0.0637. The molecule has 0 saturated heterocycles. The van der Waals surface area contributed by atoms with Gasteiger partial charge in [-0.25, -0.2) is 0 Å². The first-order valence-corrected chi connectivity index (χ1v) is 11.6. The lowest BCUT2D eigenvalue weighted by Gasteiger charge is -2.43. The smallest absolute Gasteiger partial charge is 0.254 e. The zero-order valence-corrected chi connectivity index (χ0v) is 19.0. The number of nitrogens with zero attached hydrogens (tertiary/aromatic N) is 3. The lowest BCUT2D eigenvalue weighted by molar-refractivity contribution is 0.0548. The van der Waals surface area contributed by atoms with Crippen LogP contribution in [0.5, 0.6) is 0 Å². The topological polar surface area (TPSA) is 73.7 Å². The summed E-state index contributed by atoms with van der Waals surface area (Å²) in [5.41, 5.74) is 2.17. The van der Waals surface area contributed by atoms with Crippen molar-refractivity contribution >= 4 is 11.8 Å². The van der Waals surface area contributed by atoms with Gasteiger partial charge in [-0.1, -0.05) is 6.07 Å². The summed E-state index contributed by atoms with van der Waals surface area (Å²) in [4.78, 5) is 33.9. The van der Waals surface area contributed by atoms with Crippen molar-refractivity contribution in [3.63, 3.8) is 0 Å². The van der Waals surface area contributed by atoms with E-state index in [-0.39, 0.29) is 29.9 Å². The second-order valence-electron chi connectivity index (χ2n) is 9.42. The van der Waals surface area contributed by atoms with Gasteiger partial charge in [-0.15, -0.1) is 0 Å². The van der Waals surface area contributed by atoms with Crippen LogP contribution in [0.3, 0.4) is 0 Å². The molecule has 1 aromatic heterocycles. The van der Waals surface area contributed by atoms with Crippen molar-refractivity contribution in [2.75, 3.05) is 20.7 Å². The van der Waals surface area contributed by atoms with Crippen LogP contribution in [0.25, 0.3) is 0 Å². The number of aliphatic hydroxyl groups excluding tert-OH is 1. The van der Waals surface area contributed by atoms with Crippen molar-refractivity contribution in [2.24, 2.45) is 0 Å². The number of hydrogen-bond acceptors (Lipinski definition) is 4. The molecule has 0 bridgehead atoms. The molecular formula is C26H33N3O3. The normalized spacial score (nSPS) is 22.9. The monoisotopic (exact) mass is 435 g/mol. The Kier molecular flexibility index (Phi) is 6.60. The summed E-state index contributed by atoms with van der Waals surface area (Å²) in [5.74, 6) is -0.00100. The molecule has 0 spiro atoms. The Labute approximate surface area is 190 Å². The van der Waals surface area contributed by atoms with Crippen molar-refractivity contribution in [3.05, 3.63) is 65.5 Å². The lowest BCUT2D eigenvalue weighted by Crippen LogP contribution is -2.47. The number of aromatic nitrogens is 1. The zero-order valence-electron chi connectivity index (χ0n) is 19.0. The predicted molar refractivity (Wildman–Crippen MR) is 124 cm³/mol. The van der Waals surface area contributed by atoms with Gasteiger partial charge in [0.25, 0.3) is 11.8 Å². The first-order chi connectivity index (χ1) is 15.4. The van der Waals surface area contributed by atoms with Crippen LogP contribution in [0.15, 0.2) is 48.7 Å². The average Bonchev–Trinajstić information content (AvgIpc) is 3.66. The van der Waals surface area contributed by atoms with E-state index < -0.39 is 0 Å². The highest BCUT2D eigenvalue weighted by molar-refractivity contribution is 5.98. The van der Waals surface area contributed by atoms with Crippen LogP contribution in [0.1, 0.15) is 71.4 Å². The molecule has 6 nitrogen and oxygen atoms in total. The fraction of sp³-hybridized carbons (Fsp3) is 0.500. The van der Waals surface area contributed by atoms with E-state index in [0.29, 0.717) is 23.6 Å². The third-order valence-corrected chi connectivity index (χ3v) is 7.06. The van der Waals surface area contributed by atoms with Crippen molar-refractivity contribution in [1.82, 2.24) is 14.8 Å². The summed E-state index contributed by atoms with van der Waals surface area (Å²) in [6, 6.07) is 13.6. The molecule has 0 unspecified atom stereocenters. The summed E-state index contributed by atoms with van der Waals surface area (Å²) >= 11 is 0. The van der Waals surface area contributed by atoms with Crippen LogP contribution in [-0.4, -0.2) is 64.5 Å². The summed E-state index contributed by atoms with van der Waals surface area (Å²) in [7, 11) is 3.45. The van der Waals surface area contributed by atoms with Gasteiger partial charge >= 0.3 is 0 Å². The Bertz CT molecular complexity index is 931. The molecule has 0 radical (unpaired) electrons. The number of amides is 2. The molecule has 170 valence electrons. The summed E-state index contributed by atoms with van der Waals surface area (Å²) in [6.45, 7) is 0.143. The zero-order chi connectivity index (χ0) is 22.7. The van der Waals surface area contributed by atoms with Crippen LogP contribution in [-0.2, 0) is 5.41 Å². The average molecular weight is 436 g/mol. The largest absolute Gasteiger partial charge is 0.396 e. The van der Waals surface area contributed by atoms with Gasteiger partial charge in [0.05, 0.1) is 0 Å². The van der Waals surface area contributed by atoms with E-state index in [1.807, 2.05) is 18.3 Å². The number of carbonyl (C=O) groups is 2. The van der Waals surface area contributed by atoms with Crippen LogP contribution in [0, 0.1) is 0 Å². The fourth-order valence-corrected chi connectivity index (χ4v) is 5.10. The number of aliphatic hydroxyl groups is 1. The molecule has 4 rings (SSSR count). The van der Waals surface area contributed by atoms with Gasteiger partial charge in [0.2, 0.25) is 0 Å². The van der Waals surface area contributed by atoms with Crippen molar-refractivity contribution in [1.29, 1.82) is 0 Å². The van der Waals surface area contributed by atoms with E-state index in [1.165, 1.54) is 4.90 Å². The maximum Gasteiger partial charge on any atom is 0.254 e. The highest BCUT2D eigenvalue weighted by Crippen LogP contribution is 2.44. The molecule has 32 heavy (non-hydrogen) atoms. The second-order valence-corrected chi connectivity index (χ2v) is 9.42. The van der Waals surface area contributed by atoms with Gasteiger partial charge in [-0.05, 0) is 81.3 Å². The fourth-order valence-electron chi connectivity index (χ4n) is 5.10. The Morgan fingerprint density at radius 3 is 2.03 bits per heavy atom. The minimum atomic E-state index is -0.112. The molecular weight excluding hydrogens is 402 g/mol. The van der Waals surface area contributed by atoms with E-state index in [1.54, 1.807) is 38.4 Å². The van der Waals surface area contributed by atoms with E-state index in [9.17, 15) is 14.7 Å². The molecule has 1 heterocycles. The van der Waals surface area contributed by atoms with Gasteiger partial charge in [-0.2, -0.15) is 0 Å². The number of pyridine rings is 1. The van der Waals surface area contributed by atoms with Crippen LogP contribution >= 0.6 is 0 Å².